The zero-order valence-electron chi connectivity index (χ0n) is 15.9. The summed E-state index contributed by atoms with van der Waals surface area (Å²) in [7, 11) is 0. The molecule has 4 nitrogen and oxygen atoms in total. The van der Waals surface area contributed by atoms with E-state index >= 15 is 0 Å². The standard InChI is InChI=1S/C24H19ClO4/c1-2-27-19-12-11-18(25)13-17(19)14-22-24(26)23-20(9-6-10-21(23)29-22)28-15-16-7-4-3-5-8-16/h3-14H,2,15H2,1H3/b22-14-. The van der Waals surface area contributed by atoms with Crippen LogP contribution in [0.2, 0.25) is 5.02 Å². The molecule has 5 heteroatoms. The Labute approximate surface area is 174 Å². The molecule has 0 radical (unpaired) electrons. The van der Waals surface area contributed by atoms with Crippen LogP contribution >= 0.6 is 11.6 Å². The van der Waals surface area contributed by atoms with Gasteiger partial charge in [0.15, 0.2) is 5.76 Å². The van der Waals surface area contributed by atoms with Crippen molar-refractivity contribution in [2.45, 2.75) is 13.5 Å². The highest BCUT2D eigenvalue weighted by atomic mass is 35.5. The van der Waals surface area contributed by atoms with Gasteiger partial charge in [0.1, 0.15) is 29.4 Å². The van der Waals surface area contributed by atoms with Crippen molar-refractivity contribution in [1.82, 2.24) is 0 Å². The van der Waals surface area contributed by atoms with Crippen LogP contribution in [0, 0.1) is 0 Å². The Kier molecular flexibility index (Phi) is 5.54. The van der Waals surface area contributed by atoms with E-state index in [2.05, 4.69) is 0 Å². The smallest absolute Gasteiger partial charge is 0.235 e. The Bertz CT molecular complexity index is 1070. The Morgan fingerprint density at radius 3 is 2.59 bits per heavy atom. The third-order valence-corrected chi connectivity index (χ3v) is 4.69. The van der Waals surface area contributed by atoms with E-state index < -0.39 is 0 Å². The highest BCUT2D eigenvalue weighted by molar-refractivity contribution is 6.30. The van der Waals surface area contributed by atoms with Crippen molar-refractivity contribution in [2.75, 3.05) is 6.61 Å². The zero-order chi connectivity index (χ0) is 20.2. The Morgan fingerprint density at radius 2 is 1.79 bits per heavy atom. The van der Waals surface area contributed by atoms with E-state index in [0.29, 0.717) is 46.6 Å². The fraction of sp³-hybridized carbons (Fsp3) is 0.125. The van der Waals surface area contributed by atoms with Crippen LogP contribution in [0.1, 0.15) is 28.4 Å². The first-order chi connectivity index (χ1) is 14.2. The summed E-state index contributed by atoms with van der Waals surface area (Å²) in [6, 6.07) is 20.4. The summed E-state index contributed by atoms with van der Waals surface area (Å²) in [5, 5.41) is 0.551. The number of Topliss-reactive ketones (excluding diaryl/α,β-unsaturated/α-hetero) is 1. The number of halogens is 1. The van der Waals surface area contributed by atoms with Crippen molar-refractivity contribution >= 4 is 23.5 Å². The van der Waals surface area contributed by atoms with E-state index in [-0.39, 0.29) is 11.5 Å². The molecule has 0 amide bonds. The summed E-state index contributed by atoms with van der Waals surface area (Å²) in [5.74, 6) is 1.59. The maximum absolute atomic E-state index is 13.0. The van der Waals surface area contributed by atoms with Crippen LogP contribution in [0.15, 0.2) is 72.5 Å². The molecule has 0 spiro atoms. The molecule has 29 heavy (non-hydrogen) atoms. The predicted molar refractivity (Wildman–Crippen MR) is 113 cm³/mol. The van der Waals surface area contributed by atoms with Gasteiger partial charge in [0, 0.05) is 10.6 Å². The molecule has 0 aromatic heterocycles. The molecule has 0 N–H and O–H groups in total. The van der Waals surface area contributed by atoms with Gasteiger partial charge in [0.2, 0.25) is 5.78 Å². The van der Waals surface area contributed by atoms with Crippen molar-refractivity contribution < 1.29 is 19.0 Å². The number of allylic oxidation sites excluding steroid dienone is 1. The summed E-state index contributed by atoms with van der Waals surface area (Å²) < 4.78 is 17.4. The number of hydrogen-bond donors (Lipinski definition) is 0. The van der Waals surface area contributed by atoms with Crippen molar-refractivity contribution in [2.24, 2.45) is 0 Å². The number of carbonyl (C=O) groups is 1. The Balaban J connectivity index is 1.62. The van der Waals surface area contributed by atoms with E-state index in [4.69, 9.17) is 25.8 Å². The molecule has 0 saturated heterocycles. The average Bonchev–Trinajstić information content (AvgIpc) is 3.05. The summed E-state index contributed by atoms with van der Waals surface area (Å²) in [5.41, 5.74) is 2.13. The second kappa shape index (κ2) is 8.41. The average molecular weight is 407 g/mol. The van der Waals surface area contributed by atoms with Crippen molar-refractivity contribution in [3.8, 4) is 17.2 Å². The highest BCUT2D eigenvalue weighted by Gasteiger charge is 2.31. The van der Waals surface area contributed by atoms with Crippen LogP contribution < -0.4 is 14.2 Å². The first-order valence-electron chi connectivity index (χ1n) is 9.32. The Hall–Kier alpha value is -3.24. The zero-order valence-corrected chi connectivity index (χ0v) is 16.6. The Morgan fingerprint density at radius 1 is 0.966 bits per heavy atom. The fourth-order valence-electron chi connectivity index (χ4n) is 3.12. The monoisotopic (exact) mass is 406 g/mol. The van der Waals surface area contributed by atoms with Crippen LogP contribution in [0.4, 0.5) is 0 Å². The molecule has 0 saturated carbocycles. The number of carbonyl (C=O) groups excluding carboxylic acids is 1. The van der Waals surface area contributed by atoms with E-state index in [1.54, 1.807) is 42.5 Å². The molecule has 0 unspecified atom stereocenters. The number of hydrogen-bond acceptors (Lipinski definition) is 4. The summed E-state index contributed by atoms with van der Waals surface area (Å²) >= 11 is 6.12. The highest BCUT2D eigenvalue weighted by Crippen LogP contribution is 2.39. The van der Waals surface area contributed by atoms with Gasteiger partial charge in [-0.3, -0.25) is 4.79 Å². The van der Waals surface area contributed by atoms with Gasteiger partial charge in [0.25, 0.3) is 0 Å². The minimum Gasteiger partial charge on any atom is -0.493 e. The lowest BCUT2D eigenvalue weighted by atomic mass is 10.1. The second-order valence-electron chi connectivity index (χ2n) is 6.46. The van der Waals surface area contributed by atoms with Gasteiger partial charge in [-0.05, 0) is 48.9 Å². The van der Waals surface area contributed by atoms with Crippen LogP contribution in [-0.2, 0) is 6.61 Å². The van der Waals surface area contributed by atoms with Crippen molar-refractivity contribution in [3.05, 3.63) is 94.2 Å². The molecule has 4 rings (SSSR count). The molecular weight excluding hydrogens is 388 g/mol. The van der Waals surface area contributed by atoms with Crippen molar-refractivity contribution in [3.63, 3.8) is 0 Å². The maximum atomic E-state index is 13.0. The molecule has 3 aromatic carbocycles. The third-order valence-electron chi connectivity index (χ3n) is 4.45. The lowest BCUT2D eigenvalue weighted by Crippen LogP contribution is -2.03. The number of benzene rings is 3. The number of ether oxygens (including phenoxy) is 3. The van der Waals surface area contributed by atoms with Gasteiger partial charge in [-0.2, -0.15) is 0 Å². The SMILES string of the molecule is CCOc1ccc(Cl)cc1/C=C1\Oc2cccc(OCc3ccccc3)c2C1=O. The normalized spacial score (nSPS) is 13.9. The van der Waals surface area contributed by atoms with Crippen LogP contribution in [0.5, 0.6) is 17.2 Å². The molecule has 0 bridgehead atoms. The lowest BCUT2D eigenvalue weighted by Gasteiger charge is -2.08. The van der Waals surface area contributed by atoms with Crippen LogP contribution in [-0.4, -0.2) is 12.4 Å². The quantitative estimate of drug-likeness (QED) is 0.475. The maximum Gasteiger partial charge on any atom is 0.235 e. The summed E-state index contributed by atoms with van der Waals surface area (Å²) in [6.07, 6.45) is 1.65. The predicted octanol–water partition coefficient (Wildman–Crippen LogP) is 5.93. The molecular formula is C24H19ClO4. The van der Waals surface area contributed by atoms with Crippen LogP contribution in [0.3, 0.4) is 0 Å². The van der Waals surface area contributed by atoms with E-state index in [9.17, 15) is 4.79 Å². The number of rotatable bonds is 6. The number of ketones is 1. The van der Waals surface area contributed by atoms with Gasteiger partial charge in [0.05, 0.1) is 6.61 Å². The molecule has 0 fully saturated rings. The molecule has 3 aromatic rings. The third kappa shape index (κ3) is 4.13. The van der Waals surface area contributed by atoms with Crippen LogP contribution in [0.25, 0.3) is 6.08 Å². The van der Waals surface area contributed by atoms with Crippen molar-refractivity contribution in [1.29, 1.82) is 0 Å². The minimum absolute atomic E-state index is 0.207. The summed E-state index contributed by atoms with van der Waals surface area (Å²) in [6.45, 7) is 2.77. The fourth-order valence-corrected chi connectivity index (χ4v) is 3.30. The molecule has 1 aliphatic rings. The summed E-state index contributed by atoms with van der Waals surface area (Å²) in [4.78, 5) is 13.0. The lowest BCUT2D eigenvalue weighted by molar-refractivity contribution is 0.101. The molecule has 1 heterocycles. The largest absolute Gasteiger partial charge is 0.493 e. The van der Waals surface area contributed by atoms with E-state index in [0.717, 1.165) is 5.56 Å². The topological polar surface area (TPSA) is 44.8 Å². The molecule has 1 aliphatic heterocycles. The van der Waals surface area contributed by atoms with Gasteiger partial charge in [-0.25, -0.2) is 0 Å². The van der Waals surface area contributed by atoms with E-state index in [1.807, 2.05) is 37.3 Å². The minimum atomic E-state index is -0.230. The molecule has 146 valence electrons. The number of fused-ring (bicyclic) bond motifs is 1. The molecule has 0 atom stereocenters. The van der Waals surface area contributed by atoms with Gasteiger partial charge in [-0.15, -0.1) is 0 Å². The van der Waals surface area contributed by atoms with Gasteiger partial charge >= 0.3 is 0 Å². The first-order valence-corrected chi connectivity index (χ1v) is 9.70. The van der Waals surface area contributed by atoms with Gasteiger partial charge < -0.3 is 14.2 Å². The van der Waals surface area contributed by atoms with E-state index in [1.165, 1.54) is 0 Å². The molecule has 0 aliphatic carbocycles. The second-order valence-corrected chi connectivity index (χ2v) is 6.89. The first kappa shape index (κ1) is 19.1. The van der Waals surface area contributed by atoms with Gasteiger partial charge in [-0.1, -0.05) is 48.0 Å².